The molecule has 0 N–H and O–H groups in total. The second kappa shape index (κ2) is 40.3. The van der Waals surface area contributed by atoms with E-state index in [9.17, 15) is 0 Å². The molecular formula is BaCaO3Zn. The van der Waals surface area contributed by atoms with Crippen LogP contribution in [-0.2, 0) is 35.9 Å². The van der Waals surface area contributed by atoms with Crippen molar-refractivity contribution in [3.05, 3.63) is 0 Å². The molecule has 0 spiro atoms. The SMILES string of the molecule is [Ba+2].[Ca+2].[O-2].[O-2].[O-2].[Zn+2]. The molecular weight excluding hydrogens is 291 g/mol. The zero-order valence-electron chi connectivity index (χ0n) is 3.35. The van der Waals surface area contributed by atoms with Crippen molar-refractivity contribution < 1.29 is 35.9 Å². The maximum absolute atomic E-state index is 0. The topological polar surface area (TPSA) is 85.5 Å². The molecule has 0 atom stereocenters. The average Bonchev–Trinajstić information content (AvgIpc) is 0. The Balaban J connectivity index is 0. The Morgan fingerprint density at radius 3 is 0.667 bits per heavy atom. The quantitative estimate of drug-likeness (QED) is 0.506. The summed E-state index contributed by atoms with van der Waals surface area (Å²) in [5.41, 5.74) is 0. The van der Waals surface area contributed by atoms with Crippen LogP contribution in [0.4, 0.5) is 0 Å². The van der Waals surface area contributed by atoms with Gasteiger partial charge in [-0.25, -0.2) is 0 Å². The molecule has 0 aromatic heterocycles. The van der Waals surface area contributed by atoms with E-state index < -0.39 is 0 Å². The van der Waals surface area contributed by atoms with Crippen LogP contribution in [0.2, 0.25) is 0 Å². The first-order chi connectivity index (χ1) is 0. The van der Waals surface area contributed by atoms with Gasteiger partial charge in [0.25, 0.3) is 0 Å². The third kappa shape index (κ3) is 26.5. The van der Waals surface area contributed by atoms with Crippen molar-refractivity contribution in [1.82, 2.24) is 0 Å². The van der Waals surface area contributed by atoms with Gasteiger partial charge in [-0.05, 0) is 0 Å². The van der Waals surface area contributed by atoms with Crippen LogP contribution in [0.15, 0.2) is 0 Å². The Kier molecular flexibility index (Phi) is 392. The van der Waals surface area contributed by atoms with Crippen LogP contribution in [0.5, 0.6) is 0 Å². The van der Waals surface area contributed by atoms with Gasteiger partial charge in [0, 0.05) is 0 Å². The van der Waals surface area contributed by atoms with Crippen LogP contribution >= 0.6 is 0 Å². The summed E-state index contributed by atoms with van der Waals surface area (Å²) < 4.78 is 0. The van der Waals surface area contributed by atoms with Gasteiger partial charge in [-0.3, -0.25) is 0 Å². The van der Waals surface area contributed by atoms with E-state index in [-0.39, 0.29) is 123 Å². The van der Waals surface area contributed by atoms with Gasteiger partial charge < -0.3 is 16.4 Å². The molecule has 6 heteroatoms. The molecule has 0 aliphatic heterocycles. The molecule has 0 radical (unpaired) electrons. The molecule has 0 saturated carbocycles. The normalized spacial score (nSPS) is 0. The summed E-state index contributed by atoms with van der Waals surface area (Å²) in [6, 6.07) is 0. The van der Waals surface area contributed by atoms with Gasteiger partial charge in [0.2, 0.25) is 0 Å². The van der Waals surface area contributed by atoms with Gasteiger partial charge in [-0.15, -0.1) is 0 Å². The van der Waals surface area contributed by atoms with Gasteiger partial charge in [0.15, 0.2) is 0 Å². The summed E-state index contributed by atoms with van der Waals surface area (Å²) in [4.78, 5) is 0. The van der Waals surface area contributed by atoms with E-state index in [1.54, 1.807) is 0 Å². The van der Waals surface area contributed by atoms with E-state index >= 15 is 0 Å². The van der Waals surface area contributed by atoms with E-state index in [1.807, 2.05) is 0 Å². The standard InChI is InChI=1S/Ba.Ca.3O.Zn/q2*+2;3*-2;+2. The molecule has 6 heavy (non-hydrogen) atoms. The summed E-state index contributed by atoms with van der Waals surface area (Å²) in [6.45, 7) is 0. The fourth-order valence-corrected chi connectivity index (χ4v) is 0. The third-order valence-corrected chi connectivity index (χ3v) is 0. The van der Waals surface area contributed by atoms with Crippen molar-refractivity contribution in [2.24, 2.45) is 0 Å². The molecule has 0 aliphatic rings. The minimum absolute atomic E-state index is 0. The first-order valence-corrected chi connectivity index (χ1v) is 0. The molecule has 0 fully saturated rings. The first kappa shape index (κ1) is 58.3. The average molecular weight is 291 g/mol. The zero-order chi connectivity index (χ0) is 0. The Labute approximate surface area is 119 Å². The molecule has 0 aromatic carbocycles. The molecule has 24 valence electrons. The van der Waals surface area contributed by atoms with Gasteiger partial charge in [0.05, 0.1) is 0 Å². The fourth-order valence-electron chi connectivity index (χ4n) is 0. The molecule has 0 rings (SSSR count). The van der Waals surface area contributed by atoms with Crippen molar-refractivity contribution in [1.29, 1.82) is 0 Å². The van der Waals surface area contributed by atoms with E-state index in [2.05, 4.69) is 0 Å². The Bertz CT molecular complexity index is 10.8. The van der Waals surface area contributed by atoms with Crippen LogP contribution in [0.1, 0.15) is 0 Å². The summed E-state index contributed by atoms with van der Waals surface area (Å²) in [6.07, 6.45) is 0. The molecule has 0 bridgehead atoms. The van der Waals surface area contributed by atoms with Crippen LogP contribution in [0.25, 0.3) is 0 Å². The number of hydrogen-bond acceptors (Lipinski definition) is 0. The maximum atomic E-state index is 0. The molecule has 0 amide bonds. The van der Waals surface area contributed by atoms with E-state index in [4.69, 9.17) is 0 Å². The van der Waals surface area contributed by atoms with E-state index in [0.717, 1.165) is 0 Å². The maximum Gasteiger partial charge on any atom is 2.00 e. The second-order valence-corrected chi connectivity index (χ2v) is 0. The van der Waals surface area contributed by atoms with Gasteiger partial charge >= 0.3 is 106 Å². The predicted octanol–water partition coefficient (Wildman–Crippen LogP) is -1.12. The van der Waals surface area contributed by atoms with Crippen LogP contribution in [0, 0.1) is 0 Å². The minimum atomic E-state index is 0. The van der Waals surface area contributed by atoms with Crippen molar-refractivity contribution in [3.8, 4) is 0 Å². The van der Waals surface area contributed by atoms with Crippen molar-refractivity contribution in [2.45, 2.75) is 0 Å². The van der Waals surface area contributed by atoms with E-state index in [1.165, 1.54) is 0 Å². The van der Waals surface area contributed by atoms with Crippen molar-refractivity contribution in [2.75, 3.05) is 0 Å². The molecule has 0 saturated heterocycles. The number of hydrogen-bond donors (Lipinski definition) is 0. The van der Waals surface area contributed by atoms with Crippen molar-refractivity contribution in [3.63, 3.8) is 0 Å². The van der Waals surface area contributed by atoms with Gasteiger partial charge in [-0.1, -0.05) is 0 Å². The van der Waals surface area contributed by atoms with E-state index in [0.29, 0.717) is 0 Å². The smallest absolute Gasteiger partial charge is 2.00 e. The summed E-state index contributed by atoms with van der Waals surface area (Å²) >= 11 is 0. The van der Waals surface area contributed by atoms with Crippen LogP contribution in [-0.4, -0.2) is 86.6 Å². The summed E-state index contributed by atoms with van der Waals surface area (Å²) in [5, 5.41) is 0. The van der Waals surface area contributed by atoms with Gasteiger partial charge in [-0.2, -0.15) is 0 Å². The minimum Gasteiger partial charge on any atom is -2.00 e. The number of rotatable bonds is 0. The Morgan fingerprint density at radius 1 is 0.667 bits per heavy atom. The zero-order valence-corrected chi connectivity index (χ0v) is 13.0. The second-order valence-electron chi connectivity index (χ2n) is 0. The summed E-state index contributed by atoms with van der Waals surface area (Å²) in [5.74, 6) is 0. The largest absolute Gasteiger partial charge is 2.00 e. The Morgan fingerprint density at radius 2 is 0.667 bits per heavy atom. The van der Waals surface area contributed by atoms with Crippen LogP contribution in [0.3, 0.4) is 0 Å². The molecule has 3 nitrogen and oxygen atoms in total. The fraction of sp³-hybridized carbons (Fsp3) is 0. The monoisotopic (exact) mass is 290 g/mol. The molecule has 0 heterocycles. The first-order valence-electron chi connectivity index (χ1n) is 0. The molecule has 0 aromatic rings. The third-order valence-electron chi connectivity index (χ3n) is 0. The van der Waals surface area contributed by atoms with Gasteiger partial charge in [0.1, 0.15) is 0 Å². The molecule has 0 aliphatic carbocycles. The van der Waals surface area contributed by atoms with Crippen molar-refractivity contribution >= 4 is 86.6 Å². The molecule has 0 unspecified atom stereocenters. The Hall–Kier alpha value is 3.33. The summed E-state index contributed by atoms with van der Waals surface area (Å²) in [7, 11) is 0. The predicted molar refractivity (Wildman–Crippen MR) is 13.6 cm³/mol. The van der Waals surface area contributed by atoms with Crippen LogP contribution < -0.4 is 0 Å².